The zero-order valence-electron chi connectivity index (χ0n) is 31.6. The van der Waals surface area contributed by atoms with E-state index in [0.717, 1.165) is 53.9 Å². The Morgan fingerprint density at radius 3 is 2.44 bits per heavy atom. The third-order valence-corrected chi connectivity index (χ3v) is 8.64. The fourth-order valence-corrected chi connectivity index (χ4v) is 6.10. The van der Waals surface area contributed by atoms with Gasteiger partial charge >= 0.3 is 18.3 Å². The molecule has 0 bridgehead atoms. The molecule has 1 atom stereocenters. The molecule has 1 aromatic heterocycles. The molecule has 0 amide bonds. The number of esters is 1. The average Bonchev–Trinajstić information content (AvgIpc) is 3.54. The zero-order valence-corrected chi connectivity index (χ0v) is 31.6. The second-order valence-electron chi connectivity index (χ2n) is 12.8. The second kappa shape index (κ2) is 20.3. The molecule has 1 aliphatic rings. The number of hydrogen-bond donors (Lipinski definition) is 2. The van der Waals surface area contributed by atoms with Crippen molar-refractivity contribution in [1.82, 2.24) is 14.7 Å². The van der Waals surface area contributed by atoms with Crippen molar-refractivity contribution < 1.29 is 52.7 Å². The number of carbonyl (C=O) groups is 3. The Morgan fingerprint density at radius 1 is 0.965 bits per heavy atom. The largest absolute Gasteiger partial charge is 0.511 e. The smallest absolute Gasteiger partial charge is 0.465 e. The minimum Gasteiger partial charge on any atom is -0.465 e. The number of ether oxygens (including phenoxy) is 6. The Labute approximate surface area is 327 Å². The fraction of sp³-hybridized carbons (Fsp3) is 0.395. The zero-order chi connectivity index (χ0) is 40.7. The summed E-state index contributed by atoms with van der Waals surface area (Å²) in [5.41, 5.74) is 10.5. The van der Waals surface area contributed by atoms with E-state index in [0.29, 0.717) is 29.2 Å². The van der Waals surface area contributed by atoms with Crippen molar-refractivity contribution in [2.45, 2.75) is 71.3 Å². The van der Waals surface area contributed by atoms with Crippen LogP contribution < -0.4 is 16.3 Å². The van der Waals surface area contributed by atoms with E-state index in [4.69, 9.17) is 40.0 Å². The van der Waals surface area contributed by atoms with Crippen LogP contribution in [0, 0.1) is 10.1 Å². The Hall–Kier alpha value is -6.63. The van der Waals surface area contributed by atoms with Gasteiger partial charge in [-0.25, -0.2) is 20.2 Å². The molecule has 0 radical (unpaired) electrons. The van der Waals surface area contributed by atoms with Crippen molar-refractivity contribution in [2.75, 3.05) is 26.6 Å². The molecule has 1 fully saturated rings. The van der Waals surface area contributed by atoms with Crippen LogP contribution in [0.3, 0.4) is 0 Å². The van der Waals surface area contributed by atoms with Crippen LogP contribution in [-0.4, -0.2) is 82.8 Å². The van der Waals surface area contributed by atoms with Gasteiger partial charge in [0, 0.05) is 18.9 Å². The molecule has 1 unspecified atom stereocenters. The average molecular weight is 792 g/mol. The maximum absolute atomic E-state index is 13.5. The van der Waals surface area contributed by atoms with Crippen LogP contribution in [0.2, 0.25) is 0 Å². The maximum Gasteiger partial charge on any atom is 0.511 e. The summed E-state index contributed by atoms with van der Waals surface area (Å²) in [7, 11) is 0. The highest BCUT2D eigenvalue weighted by atomic mass is 16.9. The van der Waals surface area contributed by atoms with Gasteiger partial charge in [-0.3, -0.25) is 4.57 Å². The summed E-state index contributed by atoms with van der Waals surface area (Å²) in [6, 6.07) is 20.2. The van der Waals surface area contributed by atoms with Crippen molar-refractivity contribution in [3.05, 3.63) is 93.5 Å². The molecule has 4 N–H and O–H groups in total. The lowest BCUT2D eigenvalue weighted by atomic mass is 9.98. The number of hydrogen-bond acceptors (Lipinski definition) is 16. The number of benzene rings is 3. The fourth-order valence-electron chi connectivity index (χ4n) is 6.10. The Balaban J connectivity index is 1.26. The van der Waals surface area contributed by atoms with E-state index < -0.39 is 36.4 Å². The molecule has 1 saturated carbocycles. The first-order chi connectivity index (χ1) is 27.5. The van der Waals surface area contributed by atoms with Crippen molar-refractivity contribution in [3.63, 3.8) is 0 Å². The second-order valence-corrected chi connectivity index (χ2v) is 12.8. The van der Waals surface area contributed by atoms with Crippen molar-refractivity contribution in [3.8, 4) is 17.1 Å². The molecule has 1 aliphatic carbocycles. The highest BCUT2D eigenvalue weighted by Gasteiger charge is 2.25. The Morgan fingerprint density at radius 2 is 1.70 bits per heavy atom. The molecule has 5 rings (SSSR count). The summed E-state index contributed by atoms with van der Waals surface area (Å²) in [6.07, 6.45) is 1.40. The van der Waals surface area contributed by atoms with Crippen LogP contribution in [0.15, 0.2) is 71.8 Å². The van der Waals surface area contributed by atoms with Crippen molar-refractivity contribution >= 4 is 35.1 Å². The lowest BCUT2D eigenvalue weighted by Gasteiger charge is -2.22. The molecule has 3 aromatic carbocycles. The number of hydrazine groups is 1. The van der Waals surface area contributed by atoms with Gasteiger partial charge in [-0.05, 0) is 61.4 Å². The summed E-state index contributed by atoms with van der Waals surface area (Å²) >= 11 is 0. The summed E-state index contributed by atoms with van der Waals surface area (Å²) in [4.78, 5) is 56.6. The molecule has 19 nitrogen and oxygen atoms in total. The van der Waals surface area contributed by atoms with Crippen molar-refractivity contribution in [1.29, 1.82) is 0 Å². The van der Waals surface area contributed by atoms with Crippen LogP contribution in [-0.2, 0) is 35.1 Å². The first kappa shape index (κ1) is 41.5. The SMILES string of the molecule is CCOc1nc2cccc(C(=O)OC(C)OC(=O)OC3CCCCC3)c2n1Cc1ccc(-c2ccccc2/C(N)=N/N(N)COC(=O)OCCCO[N+](=O)[O-])cc1. The highest BCUT2D eigenvalue weighted by molar-refractivity contribution is 6.03. The number of imidazole rings is 1. The maximum atomic E-state index is 13.5. The molecule has 1 heterocycles. The van der Waals surface area contributed by atoms with E-state index in [1.165, 1.54) is 6.92 Å². The number of nitrogens with two attached hydrogens (primary N) is 2. The molecule has 0 saturated heterocycles. The predicted molar refractivity (Wildman–Crippen MR) is 203 cm³/mol. The molecule has 0 spiro atoms. The van der Waals surface area contributed by atoms with E-state index >= 15 is 0 Å². The third-order valence-electron chi connectivity index (χ3n) is 8.64. The number of fused-ring (bicyclic) bond motifs is 1. The van der Waals surface area contributed by atoms with Gasteiger partial charge in [0.2, 0.25) is 6.29 Å². The van der Waals surface area contributed by atoms with E-state index in [-0.39, 0.29) is 43.7 Å². The van der Waals surface area contributed by atoms with Gasteiger partial charge in [0.25, 0.3) is 11.1 Å². The lowest BCUT2D eigenvalue weighted by Crippen LogP contribution is -2.33. The normalized spacial score (nSPS) is 13.6. The van der Waals surface area contributed by atoms with Gasteiger partial charge in [-0.15, -0.1) is 15.2 Å². The monoisotopic (exact) mass is 791 g/mol. The summed E-state index contributed by atoms with van der Waals surface area (Å²) in [5, 5.41) is 14.2. The first-order valence-corrected chi connectivity index (χ1v) is 18.3. The summed E-state index contributed by atoms with van der Waals surface area (Å²) < 4.78 is 33.5. The van der Waals surface area contributed by atoms with Gasteiger partial charge in [0.15, 0.2) is 12.6 Å². The van der Waals surface area contributed by atoms with Crippen molar-refractivity contribution in [2.24, 2.45) is 16.7 Å². The predicted octanol–water partition coefficient (Wildman–Crippen LogP) is 5.64. The number of aromatic nitrogens is 2. The van der Waals surface area contributed by atoms with Crippen LogP contribution in [0.5, 0.6) is 6.01 Å². The molecule has 304 valence electrons. The Bertz CT molecular complexity index is 2030. The van der Waals surface area contributed by atoms with Crippen LogP contribution >= 0.6 is 0 Å². The molecule has 0 aliphatic heterocycles. The minimum atomic E-state index is -1.20. The number of amidine groups is 1. The highest BCUT2D eigenvalue weighted by Crippen LogP contribution is 2.29. The molecule has 57 heavy (non-hydrogen) atoms. The number of rotatable bonds is 18. The van der Waals surface area contributed by atoms with Gasteiger partial charge < -0.3 is 39.0 Å². The quantitative estimate of drug-likeness (QED) is 0.0142. The van der Waals surface area contributed by atoms with Gasteiger partial charge in [-0.2, -0.15) is 10.1 Å². The molecular formula is C38H45N7O12. The van der Waals surface area contributed by atoms with Crippen LogP contribution in [0.25, 0.3) is 22.2 Å². The molecule has 4 aromatic rings. The van der Waals surface area contributed by atoms with Gasteiger partial charge in [0.05, 0.1) is 43.0 Å². The summed E-state index contributed by atoms with van der Waals surface area (Å²) in [6.45, 7) is 3.01. The molecule has 19 heteroatoms. The third kappa shape index (κ3) is 11.9. The number of nitrogens with zero attached hydrogens (tertiary/aromatic N) is 5. The summed E-state index contributed by atoms with van der Waals surface area (Å²) in [5.74, 6) is 5.21. The molecular weight excluding hydrogens is 746 g/mol. The standard InChI is InChI=1S/C38H45N7O12/c1-3-51-36-41-32-16-9-15-31(35(46)55-25(2)56-38(48)57-28-11-5-4-6-12-28)33(32)43(36)23-26-17-19-27(20-18-26)29-13-7-8-14-30(29)34(39)42-44(40)24-53-37(47)52-21-10-22-54-45(49)50/h7-9,13-20,25,28H,3-6,10-12,21-24,40H2,1-2H3,(H2,39,42). The van der Waals surface area contributed by atoms with Crippen LogP contribution in [0.4, 0.5) is 9.59 Å². The topological polar surface area (TPSA) is 244 Å². The van der Waals surface area contributed by atoms with E-state index in [1.807, 2.05) is 43.3 Å². The minimum absolute atomic E-state index is 0.0394. The van der Waals surface area contributed by atoms with Crippen LogP contribution in [0.1, 0.15) is 73.9 Å². The Kier molecular flexibility index (Phi) is 14.8. The lowest BCUT2D eigenvalue weighted by molar-refractivity contribution is -0.757. The van der Waals surface area contributed by atoms with E-state index in [2.05, 4.69) is 14.9 Å². The van der Waals surface area contributed by atoms with Gasteiger partial charge in [-0.1, -0.05) is 61.0 Å². The number of para-hydroxylation sites is 1. The first-order valence-electron chi connectivity index (χ1n) is 18.3. The van der Waals surface area contributed by atoms with Gasteiger partial charge in [0.1, 0.15) is 6.10 Å². The van der Waals surface area contributed by atoms with E-state index in [9.17, 15) is 24.5 Å². The number of carbonyl (C=O) groups excluding carboxylic acids is 3. The van der Waals surface area contributed by atoms with E-state index in [1.54, 1.807) is 34.9 Å². The number of hydrazone groups is 1.